The van der Waals surface area contributed by atoms with E-state index < -0.39 is 0 Å². The topological polar surface area (TPSA) is 41.1 Å². The monoisotopic (exact) mass is 366 g/mol. The number of fused-ring (bicyclic) bond motifs is 1. The second kappa shape index (κ2) is 7.11. The zero-order valence-corrected chi connectivity index (χ0v) is 13.9. The normalized spacial score (nSPS) is 10.8. The standard InChI is InChI=1S/C19H15BrN2O/c20-16-10-8-14(9-11-16)12-13-21-19(23)22-18-7-3-5-15-4-1-2-6-17(15)18/h1-13H,(H2,21,22,23)/b13-12+. The Hall–Kier alpha value is -2.59. The van der Waals surface area contributed by atoms with Gasteiger partial charge in [0, 0.05) is 16.1 Å². The molecule has 0 saturated carbocycles. The first-order valence-electron chi connectivity index (χ1n) is 7.20. The molecule has 3 aromatic carbocycles. The molecule has 0 aliphatic rings. The molecule has 0 atom stereocenters. The molecule has 0 aliphatic carbocycles. The van der Waals surface area contributed by atoms with E-state index in [0.717, 1.165) is 26.5 Å². The highest BCUT2D eigenvalue weighted by atomic mass is 79.9. The molecule has 2 N–H and O–H groups in total. The van der Waals surface area contributed by atoms with Crippen LogP contribution in [0.2, 0.25) is 0 Å². The number of hydrogen-bond donors (Lipinski definition) is 2. The molecular weight excluding hydrogens is 352 g/mol. The smallest absolute Gasteiger partial charge is 0.314 e. The molecule has 3 aromatic rings. The van der Waals surface area contributed by atoms with Crippen LogP contribution in [-0.4, -0.2) is 6.03 Å². The van der Waals surface area contributed by atoms with Gasteiger partial charge in [0.25, 0.3) is 0 Å². The van der Waals surface area contributed by atoms with Crippen LogP contribution in [0.1, 0.15) is 5.56 Å². The number of urea groups is 1. The van der Waals surface area contributed by atoms with Crippen molar-refractivity contribution in [2.24, 2.45) is 0 Å². The second-order valence-electron chi connectivity index (χ2n) is 5.01. The predicted molar refractivity (Wildman–Crippen MR) is 99.3 cm³/mol. The van der Waals surface area contributed by atoms with Crippen LogP contribution in [0, 0.1) is 0 Å². The van der Waals surface area contributed by atoms with Crippen LogP contribution in [0.3, 0.4) is 0 Å². The first kappa shape index (κ1) is 15.3. The van der Waals surface area contributed by atoms with Crippen molar-refractivity contribution >= 4 is 44.5 Å². The van der Waals surface area contributed by atoms with E-state index in [2.05, 4.69) is 26.6 Å². The Labute approximate surface area is 143 Å². The number of carbonyl (C=O) groups excluding carboxylic acids is 1. The van der Waals surface area contributed by atoms with E-state index in [0.29, 0.717) is 0 Å². The SMILES string of the molecule is O=C(N/C=C/c1ccc(Br)cc1)Nc1cccc2ccccc12. The molecule has 2 amide bonds. The lowest BCUT2D eigenvalue weighted by Crippen LogP contribution is -2.23. The van der Waals surface area contributed by atoms with Gasteiger partial charge in [-0.3, -0.25) is 0 Å². The van der Waals surface area contributed by atoms with Crippen LogP contribution >= 0.6 is 15.9 Å². The molecule has 0 aliphatic heterocycles. The molecule has 4 heteroatoms. The maximum atomic E-state index is 12.0. The Morgan fingerprint density at radius 1 is 0.913 bits per heavy atom. The zero-order valence-electron chi connectivity index (χ0n) is 12.3. The molecular formula is C19H15BrN2O. The minimum atomic E-state index is -0.269. The quantitative estimate of drug-likeness (QED) is 0.640. The van der Waals surface area contributed by atoms with Crippen LogP contribution in [-0.2, 0) is 0 Å². The molecule has 0 radical (unpaired) electrons. The molecule has 0 aromatic heterocycles. The lowest BCUT2D eigenvalue weighted by Gasteiger charge is -2.08. The van der Waals surface area contributed by atoms with Crippen LogP contribution < -0.4 is 10.6 Å². The minimum Gasteiger partial charge on any atom is -0.314 e. The van der Waals surface area contributed by atoms with Crippen LogP contribution in [0.15, 0.2) is 77.4 Å². The van der Waals surface area contributed by atoms with Gasteiger partial charge in [0.1, 0.15) is 0 Å². The van der Waals surface area contributed by atoms with Crippen LogP contribution in [0.25, 0.3) is 16.8 Å². The summed E-state index contributed by atoms with van der Waals surface area (Å²) in [5.41, 5.74) is 1.80. The fourth-order valence-electron chi connectivity index (χ4n) is 2.28. The fourth-order valence-corrected chi connectivity index (χ4v) is 2.54. The van der Waals surface area contributed by atoms with E-state index in [1.807, 2.05) is 72.8 Å². The third-order valence-corrected chi connectivity index (χ3v) is 3.93. The number of amides is 2. The van der Waals surface area contributed by atoms with Crippen molar-refractivity contribution in [3.8, 4) is 0 Å². The molecule has 3 nitrogen and oxygen atoms in total. The Balaban J connectivity index is 1.66. The van der Waals surface area contributed by atoms with Gasteiger partial charge in [-0.2, -0.15) is 0 Å². The number of hydrogen-bond acceptors (Lipinski definition) is 1. The molecule has 23 heavy (non-hydrogen) atoms. The van der Waals surface area contributed by atoms with Crippen molar-refractivity contribution in [3.63, 3.8) is 0 Å². The van der Waals surface area contributed by atoms with Crippen molar-refractivity contribution in [2.45, 2.75) is 0 Å². The summed E-state index contributed by atoms with van der Waals surface area (Å²) >= 11 is 3.39. The molecule has 0 saturated heterocycles. The first-order chi connectivity index (χ1) is 11.2. The molecule has 114 valence electrons. The molecule has 3 rings (SSSR count). The van der Waals surface area contributed by atoms with Gasteiger partial charge in [-0.1, -0.05) is 64.5 Å². The molecule has 0 fully saturated rings. The Bertz CT molecular complexity index is 851. The Morgan fingerprint density at radius 2 is 1.65 bits per heavy atom. The van der Waals surface area contributed by atoms with E-state index in [1.54, 1.807) is 6.20 Å². The van der Waals surface area contributed by atoms with Crippen LogP contribution in [0.4, 0.5) is 10.5 Å². The largest absolute Gasteiger partial charge is 0.323 e. The summed E-state index contributed by atoms with van der Waals surface area (Å²) in [5, 5.41) is 7.70. The van der Waals surface area contributed by atoms with Crippen molar-refractivity contribution in [1.82, 2.24) is 5.32 Å². The molecule has 0 unspecified atom stereocenters. The summed E-state index contributed by atoms with van der Waals surface area (Å²) in [6, 6.07) is 21.3. The molecule has 0 bridgehead atoms. The molecule has 0 heterocycles. The Morgan fingerprint density at radius 3 is 2.48 bits per heavy atom. The third kappa shape index (κ3) is 3.99. The van der Waals surface area contributed by atoms with Gasteiger partial charge >= 0.3 is 6.03 Å². The van der Waals surface area contributed by atoms with E-state index in [4.69, 9.17) is 0 Å². The van der Waals surface area contributed by atoms with Crippen molar-refractivity contribution in [2.75, 3.05) is 5.32 Å². The predicted octanol–water partition coefficient (Wildman–Crippen LogP) is 5.39. The maximum absolute atomic E-state index is 12.0. The van der Waals surface area contributed by atoms with Crippen molar-refractivity contribution in [3.05, 3.63) is 83.0 Å². The number of anilines is 1. The first-order valence-corrected chi connectivity index (χ1v) is 7.99. The summed E-state index contributed by atoms with van der Waals surface area (Å²) in [4.78, 5) is 12.0. The number of carbonyl (C=O) groups is 1. The number of halogens is 1. The summed E-state index contributed by atoms with van der Waals surface area (Å²) in [6.45, 7) is 0. The van der Waals surface area contributed by atoms with Gasteiger partial charge in [-0.05, 0) is 35.2 Å². The fraction of sp³-hybridized carbons (Fsp3) is 0. The average molecular weight is 367 g/mol. The summed E-state index contributed by atoms with van der Waals surface area (Å²) < 4.78 is 1.02. The second-order valence-corrected chi connectivity index (χ2v) is 5.93. The minimum absolute atomic E-state index is 0.269. The van der Waals surface area contributed by atoms with Gasteiger partial charge < -0.3 is 10.6 Å². The highest BCUT2D eigenvalue weighted by Crippen LogP contribution is 2.22. The average Bonchev–Trinajstić information content (AvgIpc) is 2.57. The highest BCUT2D eigenvalue weighted by molar-refractivity contribution is 9.10. The highest BCUT2D eigenvalue weighted by Gasteiger charge is 2.03. The van der Waals surface area contributed by atoms with E-state index in [-0.39, 0.29) is 6.03 Å². The van der Waals surface area contributed by atoms with E-state index in [1.165, 1.54) is 0 Å². The van der Waals surface area contributed by atoms with E-state index in [9.17, 15) is 4.79 Å². The number of benzene rings is 3. The van der Waals surface area contributed by atoms with Gasteiger partial charge in [0.2, 0.25) is 0 Å². The van der Waals surface area contributed by atoms with Gasteiger partial charge in [-0.25, -0.2) is 4.79 Å². The third-order valence-electron chi connectivity index (χ3n) is 3.40. The van der Waals surface area contributed by atoms with Gasteiger partial charge in [0.15, 0.2) is 0 Å². The lowest BCUT2D eigenvalue weighted by molar-refractivity contribution is 0.255. The Kier molecular flexibility index (Phi) is 4.74. The summed E-state index contributed by atoms with van der Waals surface area (Å²) in [5.74, 6) is 0. The summed E-state index contributed by atoms with van der Waals surface area (Å²) in [7, 11) is 0. The zero-order chi connectivity index (χ0) is 16.1. The van der Waals surface area contributed by atoms with E-state index >= 15 is 0 Å². The number of rotatable bonds is 3. The van der Waals surface area contributed by atoms with Crippen LogP contribution in [0.5, 0.6) is 0 Å². The van der Waals surface area contributed by atoms with Crippen molar-refractivity contribution in [1.29, 1.82) is 0 Å². The van der Waals surface area contributed by atoms with Gasteiger partial charge in [-0.15, -0.1) is 0 Å². The van der Waals surface area contributed by atoms with Crippen molar-refractivity contribution < 1.29 is 4.79 Å². The number of nitrogens with one attached hydrogen (secondary N) is 2. The summed E-state index contributed by atoms with van der Waals surface area (Å²) in [6.07, 6.45) is 3.47. The lowest BCUT2D eigenvalue weighted by atomic mass is 10.1. The maximum Gasteiger partial charge on any atom is 0.323 e. The van der Waals surface area contributed by atoms with Gasteiger partial charge in [0.05, 0.1) is 5.69 Å². The molecule has 0 spiro atoms.